The molecule has 0 aliphatic carbocycles. The molecule has 150 valence electrons. The minimum absolute atomic E-state index is 0.249. The summed E-state index contributed by atoms with van der Waals surface area (Å²) in [5.41, 5.74) is 0. The molecule has 0 bridgehead atoms. The number of aliphatic hydroxyl groups is 2. The van der Waals surface area contributed by atoms with Crippen LogP contribution in [0.25, 0.3) is 0 Å². The third-order valence-electron chi connectivity index (χ3n) is 3.90. The monoisotopic (exact) mass is 374 g/mol. The highest BCUT2D eigenvalue weighted by Gasteiger charge is 2.41. The van der Waals surface area contributed by atoms with Crippen molar-refractivity contribution in [1.29, 1.82) is 0 Å². The van der Waals surface area contributed by atoms with Crippen molar-refractivity contribution in [2.45, 2.75) is 77.8 Å². The number of hydrogen-bond donors (Lipinski definition) is 2. The average molecular weight is 374 g/mol. The van der Waals surface area contributed by atoms with E-state index in [0.29, 0.717) is 6.61 Å². The van der Waals surface area contributed by atoms with Crippen LogP contribution in [0.3, 0.4) is 0 Å². The number of esters is 2. The first kappa shape index (κ1) is 22.2. The number of hydrogen-bond acceptors (Lipinski definition) is 8. The maximum Gasteiger partial charge on any atom is 0.303 e. The number of aliphatic hydroxyl groups excluding tert-OH is 2. The predicted molar refractivity (Wildman–Crippen MR) is 92.5 cm³/mol. The molecule has 0 radical (unpaired) electrons. The van der Waals surface area contributed by atoms with Crippen LogP contribution in [0.2, 0.25) is 0 Å². The van der Waals surface area contributed by atoms with Gasteiger partial charge in [-0.15, -0.1) is 0 Å². The number of ether oxygens (including phenoxy) is 4. The molecule has 1 rings (SSSR count). The summed E-state index contributed by atoms with van der Waals surface area (Å²) in [5, 5.41) is 20.2. The largest absolute Gasteiger partial charge is 0.505 e. The molecule has 26 heavy (non-hydrogen) atoms. The summed E-state index contributed by atoms with van der Waals surface area (Å²) in [6.45, 7) is 4.63. The second kappa shape index (κ2) is 11.7. The van der Waals surface area contributed by atoms with Crippen LogP contribution in [-0.2, 0) is 28.5 Å². The van der Waals surface area contributed by atoms with Crippen LogP contribution in [0.5, 0.6) is 0 Å². The second-order valence-electron chi connectivity index (χ2n) is 6.25. The van der Waals surface area contributed by atoms with E-state index < -0.39 is 42.0 Å². The summed E-state index contributed by atoms with van der Waals surface area (Å²) in [7, 11) is 0. The minimum Gasteiger partial charge on any atom is -0.505 e. The van der Waals surface area contributed by atoms with E-state index in [-0.39, 0.29) is 6.61 Å². The standard InChI is InChI=1S/C18H30O8/c1-4-5-6-7-8-9-10-23-18-16(22)15(21)17(25-13(3)20)14(26-18)11-24-12(2)19/h14,17-18,21-22H,4-11H2,1-3H3/t14-,17-,18+/m1/s1. The fraction of sp³-hybridized carbons (Fsp3) is 0.778. The molecule has 1 aliphatic heterocycles. The summed E-state index contributed by atoms with van der Waals surface area (Å²) in [5.74, 6) is -2.31. The van der Waals surface area contributed by atoms with E-state index in [1.807, 2.05) is 0 Å². The Bertz CT molecular complexity index is 488. The van der Waals surface area contributed by atoms with Crippen molar-refractivity contribution in [1.82, 2.24) is 0 Å². The SMILES string of the molecule is CCCCCCCCO[C@H]1O[C@H](COC(C)=O)[C@@H](OC(C)=O)C(O)=C1O. The fourth-order valence-corrected chi connectivity index (χ4v) is 2.56. The molecule has 1 aliphatic rings. The maximum absolute atomic E-state index is 11.2. The lowest BCUT2D eigenvalue weighted by Gasteiger charge is -2.34. The van der Waals surface area contributed by atoms with Gasteiger partial charge in [-0.25, -0.2) is 0 Å². The zero-order valence-electron chi connectivity index (χ0n) is 15.7. The Balaban J connectivity index is 2.61. The van der Waals surface area contributed by atoms with Crippen molar-refractivity contribution in [2.75, 3.05) is 13.2 Å². The van der Waals surface area contributed by atoms with Crippen LogP contribution < -0.4 is 0 Å². The first-order chi connectivity index (χ1) is 12.4. The van der Waals surface area contributed by atoms with Gasteiger partial charge in [-0.3, -0.25) is 9.59 Å². The van der Waals surface area contributed by atoms with Crippen LogP contribution in [0, 0.1) is 0 Å². The lowest BCUT2D eigenvalue weighted by molar-refractivity contribution is -0.221. The van der Waals surface area contributed by atoms with Crippen LogP contribution in [0.15, 0.2) is 11.5 Å². The molecule has 0 saturated carbocycles. The summed E-state index contributed by atoms with van der Waals surface area (Å²) in [6.07, 6.45) is 3.02. The summed E-state index contributed by atoms with van der Waals surface area (Å²) in [6, 6.07) is 0. The van der Waals surface area contributed by atoms with E-state index in [0.717, 1.165) is 26.2 Å². The number of carbonyl (C=O) groups excluding carboxylic acids is 2. The Kier molecular flexibility index (Phi) is 10.0. The van der Waals surface area contributed by atoms with Gasteiger partial charge in [0.15, 0.2) is 17.6 Å². The molecule has 2 N–H and O–H groups in total. The predicted octanol–water partition coefficient (Wildman–Crippen LogP) is 2.91. The van der Waals surface area contributed by atoms with Crippen LogP contribution in [-0.4, -0.2) is 53.9 Å². The van der Waals surface area contributed by atoms with Gasteiger partial charge >= 0.3 is 11.9 Å². The zero-order chi connectivity index (χ0) is 19.5. The molecule has 8 nitrogen and oxygen atoms in total. The van der Waals surface area contributed by atoms with Crippen LogP contribution in [0.4, 0.5) is 0 Å². The van der Waals surface area contributed by atoms with Gasteiger partial charge in [-0.1, -0.05) is 39.0 Å². The van der Waals surface area contributed by atoms with Gasteiger partial charge in [0.1, 0.15) is 12.7 Å². The van der Waals surface area contributed by atoms with Crippen molar-refractivity contribution in [3.8, 4) is 0 Å². The molecule has 0 aromatic carbocycles. The van der Waals surface area contributed by atoms with Crippen molar-refractivity contribution in [3.05, 3.63) is 11.5 Å². The lowest BCUT2D eigenvalue weighted by atomic mass is 10.1. The number of carbonyl (C=O) groups is 2. The molecule has 0 aromatic heterocycles. The first-order valence-corrected chi connectivity index (χ1v) is 9.06. The highest BCUT2D eigenvalue weighted by Crippen LogP contribution is 2.27. The molecule has 0 spiro atoms. The van der Waals surface area contributed by atoms with Gasteiger partial charge in [0.2, 0.25) is 6.29 Å². The maximum atomic E-state index is 11.2. The van der Waals surface area contributed by atoms with E-state index in [1.165, 1.54) is 26.2 Å². The molecular formula is C18H30O8. The van der Waals surface area contributed by atoms with Gasteiger partial charge in [0.25, 0.3) is 0 Å². The van der Waals surface area contributed by atoms with Crippen molar-refractivity contribution in [2.24, 2.45) is 0 Å². The van der Waals surface area contributed by atoms with E-state index >= 15 is 0 Å². The molecule has 1 heterocycles. The molecular weight excluding hydrogens is 344 g/mol. The van der Waals surface area contributed by atoms with Gasteiger partial charge in [0.05, 0.1) is 6.61 Å². The van der Waals surface area contributed by atoms with Gasteiger partial charge in [-0.2, -0.15) is 0 Å². The normalized spacial score (nSPS) is 23.0. The Morgan fingerprint density at radius 3 is 2.27 bits per heavy atom. The van der Waals surface area contributed by atoms with Crippen molar-refractivity contribution in [3.63, 3.8) is 0 Å². The third kappa shape index (κ3) is 7.61. The van der Waals surface area contributed by atoms with E-state index in [1.54, 1.807) is 0 Å². The summed E-state index contributed by atoms with van der Waals surface area (Å²) >= 11 is 0. The lowest BCUT2D eigenvalue weighted by Crippen LogP contribution is -2.47. The Labute approximate surface area is 154 Å². The highest BCUT2D eigenvalue weighted by atomic mass is 16.7. The molecule has 0 aromatic rings. The van der Waals surface area contributed by atoms with E-state index in [9.17, 15) is 19.8 Å². The van der Waals surface area contributed by atoms with Crippen LogP contribution in [0.1, 0.15) is 59.3 Å². The molecule has 0 amide bonds. The minimum atomic E-state index is -1.26. The van der Waals surface area contributed by atoms with Crippen molar-refractivity contribution < 1.29 is 38.7 Å². The quantitative estimate of drug-likeness (QED) is 0.419. The Morgan fingerprint density at radius 2 is 1.65 bits per heavy atom. The molecule has 0 fully saturated rings. The van der Waals surface area contributed by atoms with Gasteiger partial charge in [-0.05, 0) is 6.42 Å². The van der Waals surface area contributed by atoms with Gasteiger partial charge < -0.3 is 29.2 Å². The average Bonchev–Trinajstić information content (AvgIpc) is 2.58. The summed E-state index contributed by atoms with van der Waals surface area (Å²) < 4.78 is 20.9. The molecule has 8 heteroatoms. The Hall–Kier alpha value is -1.80. The molecule has 3 atom stereocenters. The van der Waals surface area contributed by atoms with E-state index in [2.05, 4.69) is 6.92 Å². The van der Waals surface area contributed by atoms with Crippen molar-refractivity contribution >= 4 is 11.9 Å². The van der Waals surface area contributed by atoms with E-state index in [4.69, 9.17) is 18.9 Å². The topological polar surface area (TPSA) is 112 Å². The molecule has 0 saturated heterocycles. The molecule has 0 unspecified atom stereocenters. The number of rotatable bonds is 11. The Morgan fingerprint density at radius 1 is 1.00 bits per heavy atom. The highest BCUT2D eigenvalue weighted by molar-refractivity contribution is 5.67. The smallest absolute Gasteiger partial charge is 0.303 e. The van der Waals surface area contributed by atoms with Gasteiger partial charge in [0, 0.05) is 13.8 Å². The first-order valence-electron chi connectivity index (χ1n) is 9.06. The number of unbranched alkanes of at least 4 members (excludes halogenated alkanes) is 5. The van der Waals surface area contributed by atoms with Crippen LogP contribution >= 0.6 is 0 Å². The second-order valence-corrected chi connectivity index (χ2v) is 6.25. The summed E-state index contributed by atoms with van der Waals surface area (Å²) in [4.78, 5) is 22.2. The third-order valence-corrected chi connectivity index (χ3v) is 3.90. The fourth-order valence-electron chi connectivity index (χ4n) is 2.56. The zero-order valence-corrected chi connectivity index (χ0v) is 15.7.